The van der Waals surface area contributed by atoms with E-state index in [1.54, 1.807) is 0 Å². The quantitative estimate of drug-likeness (QED) is 0.554. The first-order chi connectivity index (χ1) is 6.00. The van der Waals surface area contributed by atoms with Crippen LogP contribution in [0.3, 0.4) is 0 Å². The van der Waals surface area contributed by atoms with Crippen LogP contribution in [0.2, 0.25) is 0 Å². The van der Waals surface area contributed by atoms with E-state index in [0.29, 0.717) is 0 Å². The SMILES string of the molecule is C1CC1.C1CC1.C1CC1.C1CC1.[Pb]. The van der Waals surface area contributed by atoms with Gasteiger partial charge in [0.15, 0.2) is 0 Å². The zero-order chi connectivity index (χ0) is 8.49. The zero-order valence-electron chi connectivity index (χ0n) is 8.99. The second kappa shape index (κ2) is 11.0. The van der Waals surface area contributed by atoms with Gasteiger partial charge in [-0.15, -0.1) is 0 Å². The molecule has 4 fully saturated rings. The molecule has 0 N–H and O–H groups in total. The van der Waals surface area contributed by atoms with Crippen molar-refractivity contribution in [1.29, 1.82) is 0 Å². The molecule has 4 aliphatic carbocycles. The van der Waals surface area contributed by atoms with Crippen LogP contribution in [-0.2, 0) is 0 Å². The molecule has 0 saturated heterocycles. The summed E-state index contributed by atoms with van der Waals surface area (Å²) >= 11 is 0. The summed E-state index contributed by atoms with van der Waals surface area (Å²) in [5, 5.41) is 0. The van der Waals surface area contributed by atoms with Crippen LogP contribution < -0.4 is 0 Å². The van der Waals surface area contributed by atoms with E-state index < -0.39 is 0 Å². The first-order valence-corrected chi connectivity index (χ1v) is 6.00. The van der Waals surface area contributed by atoms with Gasteiger partial charge in [0.05, 0.1) is 0 Å². The zero-order valence-corrected chi connectivity index (χ0v) is 12.9. The topological polar surface area (TPSA) is 0 Å². The third kappa shape index (κ3) is 63.6. The van der Waals surface area contributed by atoms with Crippen molar-refractivity contribution in [3.05, 3.63) is 0 Å². The molecule has 0 atom stereocenters. The minimum Gasteiger partial charge on any atom is -0.0533 e. The first kappa shape index (κ1) is 13.9. The summed E-state index contributed by atoms with van der Waals surface area (Å²) in [6.45, 7) is 0. The van der Waals surface area contributed by atoms with E-state index in [0.717, 1.165) is 0 Å². The van der Waals surface area contributed by atoms with Gasteiger partial charge in [-0.3, -0.25) is 0 Å². The molecule has 0 aromatic carbocycles. The molecule has 1 heteroatoms. The van der Waals surface area contributed by atoms with E-state index in [-0.39, 0.29) is 27.3 Å². The van der Waals surface area contributed by atoms with E-state index >= 15 is 0 Å². The van der Waals surface area contributed by atoms with Crippen LogP contribution in [0.25, 0.3) is 0 Å². The van der Waals surface area contributed by atoms with Crippen LogP contribution >= 0.6 is 0 Å². The molecule has 0 bridgehead atoms. The Bertz CT molecular complexity index is 48.1. The number of rotatable bonds is 0. The van der Waals surface area contributed by atoms with Crippen molar-refractivity contribution in [3.8, 4) is 0 Å². The number of hydrogen-bond acceptors (Lipinski definition) is 0. The summed E-state index contributed by atoms with van der Waals surface area (Å²) in [6.07, 6.45) is 18.0. The van der Waals surface area contributed by atoms with Gasteiger partial charge in [0.25, 0.3) is 0 Å². The summed E-state index contributed by atoms with van der Waals surface area (Å²) in [6, 6.07) is 0. The van der Waals surface area contributed by atoms with Crippen molar-refractivity contribution in [2.24, 2.45) is 0 Å². The Labute approximate surface area is 104 Å². The minimum absolute atomic E-state index is 0. The van der Waals surface area contributed by atoms with Crippen molar-refractivity contribution < 1.29 is 0 Å². The summed E-state index contributed by atoms with van der Waals surface area (Å²) in [4.78, 5) is 0. The van der Waals surface area contributed by atoms with E-state index in [4.69, 9.17) is 0 Å². The van der Waals surface area contributed by atoms with Gasteiger partial charge in [0, 0.05) is 27.3 Å². The smallest absolute Gasteiger partial charge is 0 e. The van der Waals surface area contributed by atoms with Crippen LogP contribution in [0.1, 0.15) is 77.0 Å². The Morgan fingerprint density at radius 2 is 0.308 bits per heavy atom. The van der Waals surface area contributed by atoms with Crippen molar-refractivity contribution in [2.45, 2.75) is 77.0 Å². The molecule has 0 amide bonds. The molecule has 4 radical (unpaired) electrons. The van der Waals surface area contributed by atoms with E-state index in [1.807, 2.05) is 0 Å². The normalized spacial score (nSPS) is 22.2. The molecule has 4 saturated carbocycles. The molecule has 76 valence electrons. The summed E-state index contributed by atoms with van der Waals surface area (Å²) in [5.41, 5.74) is 0. The van der Waals surface area contributed by atoms with Gasteiger partial charge in [-0.05, 0) is 0 Å². The predicted octanol–water partition coefficient (Wildman–Crippen LogP) is 4.30. The minimum atomic E-state index is 0. The third-order valence-electron chi connectivity index (χ3n) is 1.41. The maximum absolute atomic E-state index is 1.50. The summed E-state index contributed by atoms with van der Waals surface area (Å²) < 4.78 is 0. The van der Waals surface area contributed by atoms with Crippen LogP contribution in [0.15, 0.2) is 0 Å². The fourth-order valence-electron chi connectivity index (χ4n) is 0. The fourth-order valence-corrected chi connectivity index (χ4v) is 0. The van der Waals surface area contributed by atoms with Gasteiger partial charge in [0.1, 0.15) is 0 Å². The molecule has 0 spiro atoms. The van der Waals surface area contributed by atoms with Crippen LogP contribution in [0.5, 0.6) is 0 Å². The predicted molar refractivity (Wildman–Crippen MR) is 61.2 cm³/mol. The average Bonchev–Trinajstić information content (AvgIpc) is 2.99. The molecule has 13 heavy (non-hydrogen) atoms. The fraction of sp³-hybridized carbons (Fsp3) is 1.00. The van der Waals surface area contributed by atoms with Gasteiger partial charge in [-0.2, -0.15) is 0 Å². The van der Waals surface area contributed by atoms with Crippen LogP contribution in [0, 0.1) is 0 Å². The number of hydrogen-bond donors (Lipinski definition) is 0. The Morgan fingerprint density at radius 1 is 0.231 bits per heavy atom. The van der Waals surface area contributed by atoms with E-state index in [1.165, 1.54) is 77.0 Å². The van der Waals surface area contributed by atoms with Gasteiger partial charge in [-0.1, -0.05) is 77.0 Å². The van der Waals surface area contributed by atoms with Gasteiger partial charge in [-0.25, -0.2) is 0 Å². The standard InChI is InChI=1S/4C3H6.Pb/c4*1-2-3-1;/h4*1-3H2;. The Morgan fingerprint density at radius 3 is 0.308 bits per heavy atom. The maximum atomic E-state index is 1.50. The molecule has 4 aliphatic rings. The third-order valence-corrected chi connectivity index (χ3v) is 1.41. The molecule has 0 heterocycles. The molecular weight excluding hydrogens is 351 g/mol. The van der Waals surface area contributed by atoms with Crippen molar-refractivity contribution in [1.82, 2.24) is 0 Å². The van der Waals surface area contributed by atoms with Crippen molar-refractivity contribution in [2.75, 3.05) is 0 Å². The monoisotopic (exact) mass is 376 g/mol. The average molecular weight is 376 g/mol. The summed E-state index contributed by atoms with van der Waals surface area (Å²) in [5.74, 6) is 0. The van der Waals surface area contributed by atoms with Crippen molar-refractivity contribution in [3.63, 3.8) is 0 Å². The second-order valence-electron chi connectivity index (χ2n) is 4.24. The molecule has 0 aromatic heterocycles. The van der Waals surface area contributed by atoms with Gasteiger partial charge < -0.3 is 0 Å². The Balaban J connectivity index is 0.000000144. The molecule has 0 nitrogen and oxygen atoms in total. The maximum Gasteiger partial charge on any atom is 0 e. The Hall–Kier alpha value is 0.922. The molecule has 0 aromatic rings. The first-order valence-electron chi connectivity index (χ1n) is 6.00. The second-order valence-corrected chi connectivity index (χ2v) is 4.24. The van der Waals surface area contributed by atoms with E-state index in [2.05, 4.69) is 0 Å². The van der Waals surface area contributed by atoms with Gasteiger partial charge in [0.2, 0.25) is 0 Å². The Kier molecular flexibility index (Phi) is 11.8. The van der Waals surface area contributed by atoms with Crippen LogP contribution in [-0.4, -0.2) is 27.3 Å². The largest absolute Gasteiger partial charge is 0.0533 e. The molecule has 0 unspecified atom stereocenters. The van der Waals surface area contributed by atoms with Gasteiger partial charge >= 0.3 is 0 Å². The molecule has 4 rings (SSSR count). The molecule has 0 aliphatic heterocycles. The summed E-state index contributed by atoms with van der Waals surface area (Å²) in [7, 11) is 0. The van der Waals surface area contributed by atoms with Crippen LogP contribution in [0.4, 0.5) is 0 Å². The molecular formula is C12H24Pb. The van der Waals surface area contributed by atoms with E-state index in [9.17, 15) is 0 Å². The van der Waals surface area contributed by atoms with Crippen molar-refractivity contribution >= 4 is 27.3 Å².